The van der Waals surface area contributed by atoms with Gasteiger partial charge in [0, 0.05) is 0 Å². The van der Waals surface area contributed by atoms with Gasteiger partial charge in [-0.05, 0) is 36.5 Å². The Hall–Kier alpha value is -1.73. The van der Waals surface area contributed by atoms with Crippen molar-refractivity contribution in [1.29, 1.82) is 0 Å². The summed E-state index contributed by atoms with van der Waals surface area (Å²) in [6, 6.07) is 0. The molecule has 0 spiro atoms. The third kappa shape index (κ3) is 8.27. The highest BCUT2D eigenvalue weighted by Gasteiger charge is 1.60. The zero-order valence-corrected chi connectivity index (χ0v) is 7.00. The van der Waals surface area contributed by atoms with Gasteiger partial charge in [0.2, 0.25) is 0 Å². The average Bonchev–Trinajstić information content (AvgIpc) is 2.10. The van der Waals surface area contributed by atoms with Crippen molar-refractivity contribution in [2.24, 2.45) is 0 Å². The number of carbonyl (C=O) groups excluding carboxylic acids is 1. The molecule has 0 aromatic rings. The van der Waals surface area contributed by atoms with Gasteiger partial charge in [0.1, 0.15) is 6.29 Å². The lowest BCUT2D eigenvalue weighted by Crippen LogP contribution is -1.57. The van der Waals surface area contributed by atoms with E-state index in [0.29, 0.717) is 6.29 Å². The van der Waals surface area contributed by atoms with Gasteiger partial charge in [-0.25, -0.2) is 0 Å². The Morgan fingerprint density at radius 2 is 1.83 bits per heavy atom. The molecule has 0 saturated heterocycles. The molecule has 0 heterocycles. The summed E-state index contributed by atoms with van der Waals surface area (Å²) >= 11 is 0. The molecule has 0 unspecified atom stereocenters. The quantitative estimate of drug-likeness (QED) is 0.339. The highest BCUT2D eigenvalue weighted by Crippen LogP contribution is 1.75. The Labute approximate surface area is 73.2 Å². The van der Waals surface area contributed by atoms with E-state index in [2.05, 4.69) is 23.7 Å². The molecule has 0 aliphatic heterocycles. The van der Waals surface area contributed by atoms with Crippen molar-refractivity contribution in [3.8, 4) is 23.7 Å². The minimum atomic E-state index is 0.680. The molecular formula is C11H10O. The molecule has 0 saturated carbocycles. The summed E-state index contributed by atoms with van der Waals surface area (Å²) in [5, 5.41) is 0. The summed E-state index contributed by atoms with van der Waals surface area (Å²) in [6.07, 6.45) is 8.17. The SMILES string of the molecule is CC/C=C/C#CC#C/C=C/C=O. The first-order chi connectivity index (χ1) is 5.91. The zero-order valence-electron chi connectivity index (χ0n) is 7.00. The van der Waals surface area contributed by atoms with Crippen LogP contribution in [0.25, 0.3) is 0 Å². The van der Waals surface area contributed by atoms with E-state index in [0.717, 1.165) is 6.42 Å². The summed E-state index contributed by atoms with van der Waals surface area (Å²) in [5.74, 6) is 10.5. The second kappa shape index (κ2) is 9.27. The van der Waals surface area contributed by atoms with Crippen LogP contribution in [-0.2, 0) is 4.79 Å². The van der Waals surface area contributed by atoms with Crippen molar-refractivity contribution >= 4 is 6.29 Å². The maximum absolute atomic E-state index is 9.78. The molecule has 1 nitrogen and oxygen atoms in total. The molecule has 0 N–H and O–H groups in total. The minimum Gasteiger partial charge on any atom is -0.299 e. The van der Waals surface area contributed by atoms with Gasteiger partial charge in [-0.1, -0.05) is 24.8 Å². The molecule has 0 atom stereocenters. The maximum atomic E-state index is 9.78. The van der Waals surface area contributed by atoms with Gasteiger partial charge in [-0.2, -0.15) is 0 Å². The zero-order chi connectivity index (χ0) is 9.07. The fraction of sp³-hybridized carbons (Fsp3) is 0.182. The van der Waals surface area contributed by atoms with Crippen LogP contribution >= 0.6 is 0 Å². The minimum absolute atomic E-state index is 0.680. The van der Waals surface area contributed by atoms with Crippen LogP contribution in [0, 0.1) is 23.7 Å². The van der Waals surface area contributed by atoms with Gasteiger partial charge in [0.15, 0.2) is 0 Å². The molecule has 0 radical (unpaired) electrons. The van der Waals surface area contributed by atoms with Gasteiger partial charge in [-0.3, -0.25) is 4.79 Å². The van der Waals surface area contributed by atoms with E-state index in [-0.39, 0.29) is 0 Å². The first kappa shape index (κ1) is 10.3. The fourth-order valence-electron chi connectivity index (χ4n) is 0.420. The molecule has 0 amide bonds. The number of hydrogen-bond acceptors (Lipinski definition) is 1. The van der Waals surface area contributed by atoms with Crippen LogP contribution in [0.5, 0.6) is 0 Å². The Bertz CT molecular complexity index is 286. The normalized spacial score (nSPS) is 8.75. The van der Waals surface area contributed by atoms with E-state index in [9.17, 15) is 4.79 Å². The lowest BCUT2D eigenvalue weighted by atomic mass is 10.4. The molecule has 12 heavy (non-hydrogen) atoms. The van der Waals surface area contributed by atoms with Crippen molar-refractivity contribution in [2.45, 2.75) is 13.3 Å². The van der Waals surface area contributed by atoms with E-state index in [1.165, 1.54) is 12.2 Å². The second-order valence-corrected chi connectivity index (χ2v) is 1.84. The Kier molecular flexibility index (Phi) is 7.93. The van der Waals surface area contributed by atoms with E-state index < -0.39 is 0 Å². The molecule has 1 heteroatoms. The monoisotopic (exact) mass is 158 g/mol. The largest absolute Gasteiger partial charge is 0.299 e. The van der Waals surface area contributed by atoms with E-state index in [1.807, 2.05) is 13.0 Å². The van der Waals surface area contributed by atoms with Crippen LogP contribution in [0.15, 0.2) is 24.3 Å². The highest BCUT2D eigenvalue weighted by atomic mass is 16.1. The van der Waals surface area contributed by atoms with Crippen LogP contribution in [0.1, 0.15) is 13.3 Å². The molecule has 0 rings (SSSR count). The smallest absolute Gasteiger partial charge is 0.143 e. The lowest BCUT2D eigenvalue weighted by Gasteiger charge is -1.67. The number of rotatable bonds is 2. The second-order valence-electron chi connectivity index (χ2n) is 1.84. The van der Waals surface area contributed by atoms with Gasteiger partial charge in [0.25, 0.3) is 0 Å². The van der Waals surface area contributed by atoms with Gasteiger partial charge < -0.3 is 0 Å². The van der Waals surface area contributed by atoms with Crippen molar-refractivity contribution < 1.29 is 4.79 Å². The standard InChI is InChI=1S/C11H10O/c1-2-3-4-5-6-7-8-9-10-11-12/h3-4,9-11H,2H2,1H3/b4-3+,10-9+. The number of allylic oxidation sites excluding steroid dienone is 4. The molecule has 0 bridgehead atoms. The number of hydrogen-bond donors (Lipinski definition) is 0. The molecule has 0 aliphatic carbocycles. The average molecular weight is 158 g/mol. The predicted octanol–water partition coefficient (Wildman–Crippen LogP) is 1.71. The predicted molar refractivity (Wildman–Crippen MR) is 50.2 cm³/mol. The van der Waals surface area contributed by atoms with E-state index in [1.54, 1.807) is 6.08 Å². The topological polar surface area (TPSA) is 17.1 Å². The first-order valence-corrected chi connectivity index (χ1v) is 3.68. The van der Waals surface area contributed by atoms with Crippen LogP contribution in [-0.4, -0.2) is 6.29 Å². The van der Waals surface area contributed by atoms with Gasteiger partial charge in [0.05, 0.1) is 0 Å². The van der Waals surface area contributed by atoms with Crippen molar-refractivity contribution in [3.63, 3.8) is 0 Å². The molecule has 60 valence electrons. The summed E-state index contributed by atoms with van der Waals surface area (Å²) in [4.78, 5) is 9.78. The molecular weight excluding hydrogens is 148 g/mol. The fourth-order valence-corrected chi connectivity index (χ4v) is 0.420. The molecule has 0 fully saturated rings. The summed E-state index contributed by atoms with van der Waals surface area (Å²) in [7, 11) is 0. The van der Waals surface area contributed by atoms with Crippen LogP contribution in [0.3, 0.4) is 0 Å². The van der Waals surface area contributed by atoms with Crippen molar-refractivity contribution in [2.75, 3.05) is 0 Å². The summed E-state index contributed by atoms with van der Waals surface area (Å²) < 4.78 is 0. The molecule has 0 aromatic heterocycles. The Morgan fingerprint density at radius 1 is 1.17 bits per heavy atom. The van der Waals surface area contributed by atoms with E-state index in [4.69, 9.17) is 0 Å². The molecule has 0 aliphatic rings. The van der Waals surface area contributed by atoms with Crippen LogP contribution < -0.4 is 0 Å². The van der Waals surface area contributed by atoms with Gasteiger partial charge >= 0.3 is 0 Å². The van der Waals surface area contributed by atoms with Crippen molar-refractivity contribution in [3.05, 3.63) is 24.3 Å². The number of aldehydes is 1. The lowest BCUT2D eigenvalue weighted by molar-refractivity contribution is -0.104. The van der Waals surface area contributed by atoms with Crippen LogP contribution in [0.4, 0.5) is 0 Å². The molecule has 0 aromatic carbocycles. The third-order valence-corrected chi connectivity index (χ3v) is 0.902. The maximum Gasteiger partial charge on any atom is 0.143 e. The Balaban J connectivity index is 3.81. The third-order valence-electron chi connectivity index (χ3n) is 0.902. The van der Waals surface area contributed by atoms with E-state index >= 15 is 0 Å². The summed E-state index contributed by atoms with van der Waals surface area (Å²) in [5.41, 5.74) is 0. The summed E-state index contributed by atoms with van der Waals surface area (Å²) in [6.45, 7) is 2.04. The first-order valence-electron chi connectivity index (χ1n) is 3.68. The Morgan fingerprint density at radius 3 is 2.42 bits per heavy atom. The van der Waals surface area contributed by atoms with Gasteiger partial charge in [-0.15, -0.1) is 0 Å². The van der Waals surface area contributed by atoms with Crippen LogP contribution in [0.2, 0.25) is 0 Å². The highest BCUT2D eigenvalue weighted by molar-refractivity contribution is 5.65. The van der Waals surface area contributed by atoms with Crippen molar-refractivity contribution in [1.82, 2.24) is 0 Å². The number of carbonyl (C=O) groups is 1.